The number of carboxylic acids is 1. The first-order valence-electron chi connectivity index (χ1n) is 8.08. The molecule has 1 fully saturated rings. The van der Waals surface area contributed by atoms with Crippen LogP contribution < -0.4 is 0 Å². The molecule has 5 heteroatoms. The summed E-state index contributed by atoms with van der Waals surface area (Å²) in [6.45, 7) is 3.64. The second-order valence-electron chi connectivity index (χ2n) is 6.11. The number of rotatable bonds is 10. The maximum absolute atomic E-state index is 11.9. The van der Waals surface area contributed by atoms with Crippen molar-refractivity contribution in [2.24, 2.45) is 5.41 Å². The van der Waals surface area contributed by atoms with Crippen LogP contribution in [0.1, 0.15) is 44.9 Å². The Labute approximate surface area is 128 Å². The molecule has 0 radical (unpaired) electrons. The molecule has 0 saturated heterocycles. The van der Waals surface area contributed by atoms with Crippen molar-refractivity contribution in [1.82, 2.24) is 4.90 Å². The first kappa shape index (κ1) is 18.4. The van der Waals surface area contributed by atoms with Gasteiger partial charge in [-0.05, 0) is 19.3 Å². The van der Waals surface area contributed by atoms with Gasteiger partial charge in [0.25, 0.3) is 0 Å². The largest absolute Gasteiger partial charge is 0.481 e. The monoisotopic (exact) mass is 301 g/mol. The molecule has 124 valence electrons. The number of carboxylic acid groups (broad SMARTS) is 1. The molecular formula is C16H31NO4. The zero-order valence-electron chi connectivity index (χ0n) is 13.6. The Morgan fingerprint density at radius 3 is 2.19 bits per heavy atom. The SMILES string of the molecule is COCCCN(CCOC)CC1(C(=O)O)CCCCCC1. The van der Waals surface area contributed by atoms with E-state index in [9.17, 15) is 9.90 Å². The van der Waals surface area contributed by atoms with Crippen LogP contribution in [0.3, 0.4) is 0 Å². The minimum Gasteiger partial charge on any atom is -0.481 e. The lowest BCUT2D eigenvalue weighted by Gasteiger charge is -2.34. The van der Waals surface area contributed by atoms with Gasteiger partial charge in [-0.1, -0.05) is 25.7 Å². The van der Waals surface area contributed by atoms with Crippen LogP contribution in [0.15, 0.2) is 0 Å². The Balaban J connectivity index is 2.66. The van der Waals surface area contributed by atoms with Crippen molar-refractivity contribution in [2.75, 3.05) is 47.1 Å². The molecule has 0 aliphatic heterocycles. The van der Waals surface area contributed by atoms with E-state index in [4.69, 9.17) is 9.47 Å². The molecule has 0 aromatic carbocycles. The van der Waals surface area contributed by atoms with Crippen molar-refractivity contribution in [3.63, 3.8) is 0 Å². The van der Waals surface area contributed by atoms with Gasteiger partial charge in [0.05, 0.1) is 12.0 Å². The highest BCUT2D eigenvalue weighted by atomic mass is 16.5. The van der Waals surface area contributed by atoms with Gasteiger partial charge in [-0.25, -0.2) is 0 Å². The summed E-state index contributed by atoms with van der Waals surface area (Å²) in [6, 6.07) is 0. The molecule has 1 saturated carbocycles. The van der Waals surface area contributed by atoms with Crippen molar-refractivity contribution in [3.8, 4) is 0 Å². The third-order valence-corrected chi connectivity index (χ3v) is 4.48. The molecule has 5 nitrogen and oxygen atoms in total. The second-order valence-corrected chi connectivity index (χ2v) is 6.11. The number of methoxy groups -OCH3 is 2. The summed E-state index contributed by atoms with van der Waals surface area (Å²) in [6.07, 6.45) is 6.92. The van der Waals surface area contributed by atoms with Crippen LogP contribution in [0, 0.1) is 5.41 Å². The van der Waals surface area contributed by atoms with Crippen LogP contribution in [0.2, 0.25) is 0 Å². The van der Waals surface area contributed by atoms with Crippen molar-refractivity contribution < 1.29 is 19.4 Å². The predicted molar refractivity (Wildman–Crippen MR) is 82.6 cm³/mol. The highest BCUT2D eigenvalue weighted by molar-refractivity contribution is 5.75. The topological polar surface area (TPSA) is 59.0 Å². The van der Waals surface area contributed by atoms with Crippen molar-refractivity contribution >= 4 is 5.97 Å². The van der Waals surface area contributed by atoms with Crippen LogP contribution in [0.5, 0.6) is 0 Å². The molecule has 21 heavy (non-hydrogen) atoms. The van der Waals surface area contributed by atoms with Gasteiger partial charge in [0, 0.05) is 40.5 Å². The summed E-state index contributed by atoms with van der Waals surface area (Å²) in [7, 11) is 3.38. The average Bonchev–Trinajstić information content (AvgIpc) is 2.71. The van der Waals surface area contributed by atoms with E-state index >= 15 is 0 Å². The Morgan fingerprint density at radius 2 is 1.67 bits per heavy atom. The van der Waals surface area contributed by atoms with Gasteiger partial charge in [-0.15, -0.1) is 0 Å². The molecule has 1 aliphatic carbocycles. The Morgan fingerprint density at radius 1 is 1.05 bits per heavy atom. The molecule has 0 aromatic heterocycles. The van der Waals surface area contributed by atoms with Crippen LogP contribution >= 0.6 is 0 Å². The number of hydrogen-bond acceptors (Lipinski definition) is 4. The van der Waals surface area contributed by atoms with E-state index in [2.05, 4.69) is 4.90 Å². The van der Waals surface area contributed by atoms with Gasteiger partial charge < -0.3 is 14.6 Å². The number of nitrogens with zero attached hydrogens (tertiary/aromatic N) is 1. The van der Waals surface area contributed by atoms with Gasteiger partial charge >= 0.3 is 5.97 Å². The van der Waals surface area contributed by atoms with Crippen LogP contribution in [0.4, 0.5) is 0 Å². The number of ether oxygens (including phenoxy) is 2. The third kappa shape index (κ3) is 6.32. The van der Waals surface area contributed by atoms with E-state index < -0.39 is 11.4 Å². The van der Waals surface area contributed by atoms with Crippen molar-refractivity contribution in [3.05, 3.63) is 0 Å². The molecule has 0 aromatic rings. The first-order valence-corrected chi connectivity index (χ1v) is 8.08. The summed E-state index contributed by atoms with van der Waals surface area (Å²) in [4.78, 5) is 14.1. The fourth-order valence-corrected chi connectivity index (χ4v) is 3.20. The molecule has 1 N–H and O–H groups in total. The molecule has 0 amide bonds. The first-order chi connectivity index (χ1) is 10.1. The zero-order valence-corrected chi connectivity index (χ0v) is 13.6. The normalized spacial score (nSPS) is 18.6. The molecule has 0 heterocycles. The Bertz CT molecular complexity index is 288. The number of hydrogen-bond donors (Lipinski definition) is 1. The maximum atomic E-state index is 11.9. The highest BCUT2D eigenvalue weighted by Gasteiger charge is 2.39. The van der Waals surface area contributed by atoms with E-state index in [1.54, 1.807) is 14.2 Å². The summed E-state index contributed by atoms with van der Waals surface area (Å²) in [5, 5.41) is 9.78. The van der Waals surface area contributed by atoms with E-state index in [0.29, 0.717) is 19.8 Å². The van der Waals surface area contributed by atoms with Crippen LogP contribution in [0.25, 0.3) is 0 Å². The zero-order chi connectivity index (χ0) is 15.6. The number of carbonyl (C=O) groups is 1. The van der Waals surface area contributed by atoms with E-state index in [0.717, 1.165) is 58.0 Å². The predicted octanol–water partition coefficient (Wildman–Crippen LogP) is 2.40. The van der Waals surface area contributed by atoms with Crippen LogP contribution in [-0.4, -0.2) is 63.0 Å². The molecule has 0 unspecified atom stereocenters. The van der Waals surface area contributed by atoms with Gasteiger partial charge in [0.15, 0.2) is 0 Å². The summed E-state index contributed by atoms with van der Waals surface area (Å²) < 4.78 is 10.3. The Kier molecular flexibility index (Phi) is 8.88. The average molecular weight is 301 g/mol. The maximum Gasteiger partial charge on any atom is 0.310 e. The quantitative estimate of drug-likeness (QED) is 0.496. The van der Waals surface area contributed by atoms with E-state index in [-0.39, 0.29) is 0 Å². The fourth-order valence-electron chi connectivity index (χ4n) is 3.20. The summed E-state index contributed by atoms with van der Waals surface area (Å²) in [5.74, 6) is -0.626. The summed E-state index contributed by atoms with van der Waals surface area (Å²) >= 11 is 0. The van der Waals surface area contributed by atoms with E-state index in [1.807, 2.05) is 0 Å². The van der Waals surface area contributed by atoms with E-state index in [1.165, 1.54) is 0 Å². The van der Waals surface area contributed by atoms with Gasteiger partial charge in [-0.3, -0.25) is 9.69 Å². The van der Waals surface area contributed by atoms with Gasteiger partial charge in [-0.2, -0.15) is 0 Å². The molecule has 0 spiro atoms. The minimum absolute atomic E-state index is 0.572. The molecule has 1 rings (SSSR count). The van der Waals surface area contributed by atoms with Crippen LogP contribution in [-0.2, 0) is 14.3 Å². The smallest absolute Gasteiger partial charge is 0.310 e. The van der Waals surface area contributed by atoms with Gasteiger partial charge in [0.1, 0.15) is 0 Å². The lowest BCUT2D eigenvalue weighted by atomic mass is 9.79. The standard InChI is InChI=1S/C16H31NO4/c1-20-12-7-10-17(11-13-21-2)14-16(15(18)19)8-5-3-4-6-9-16/h3-14H2,1-2H3,(H,18,19). The lowest BCUT2D eigenvalue weighted by Crippen LogP contribution is -2.44. The molecule has 0 bridgehead atoms. The Hall–Kier alpha value is -0.650. The number of aliphatic carboxylic acids is 1. The summed E-state index contributed by atoms with van der Waals surface area (Å²) in [5.41, 5.74) is -0.572. The molecule has 1 aliphatic rings. The van der Waals surface area contributed by atoms with Gasteiger partial charge in [0.2, 0.25) is 0 Å². The highest BCUT2D eigenvalue weighted by Crippen LogP contribution is 2.36. The van der Waals surface area contributed by atoms with Crippen molar-refractivity contribution in [1.29, 1.82) is 0 Å². The third-order valence-electron chi connectivity index (χ3n) is 4.48. The second kappa shape index (κ2) is 10.1. The lowest BCUT2D eigenvalue weighted by molar-refractivity contribution is -0.151. The molecular weight excluding hydrogens is 270 g/mol. The fraction of sp³-hybridized carbons (Fsp3) is 0.938. The van der Waals surface area contributed by atoms with Crippen molar-refractivity contribution in [2.45, 2.75) is 44.9 Å². The molecule has 0 atom stereocenters. The minimum atomic E-state index is -0.626.